The molecule has 2 aromatic carbocycles. The second-order valence-electron chi connectivity index (χ2n) is 11.0. The van der Waals surface area contributed by atoms with Crippen molar-refractivity contribution in [2.24, 2.45) is 11.8 Å². The topological polar surface area (TPSA) is 15.3 Å². The third kappa shape index (κ3) is 7.55. The maximum atomic E-state index is 6.46. The van der Waals surface area contributed by atoms with Gasteiger partial charge < -0.3 is 5.32 Å². The first-order valence-electron chi connectivity index (χ1n) is 13.6. The molecule has 2 aliphatic carbocycles. The van der Waals surface area contributed by atoms with Gasteiger partial charge in [0, 0.05) is 42.3 Å². The minimum atomic E-state index is 0. The molecule has 200 valence electrons. The Balaban J connectivity index is 0.00000180. The maximum absolute atomic E-state index is 6.46. The van der Waals surface area contributed by atoms with Crippen molar-refractivity contribution < 1.29 is 0 Å². The van der Waals surface area contributed by atoms with Gasteiger partial charge in [0.2, 0.25) is 0 Å². The van der Waals surface area contributed by atoms with E-state index < -0.39 is 0 Å². The molecule has 36 heavy (non-hydrogen) atoms. The van der Waals surface area contributed by atoms with Crippen LogP contribution in [0.3, 0.4) is 0 Å². The van der Waals surface area contributed by atoms with Gasteiger partial charge >= 0.3 is 0 Å². The Kier molecular flexibility index (Phi) is 12.2. The number of piperazine rings is 1. The molecule has 1 N–H and O–H groups in total. The fourth-order valence-corrected chi connectivity index (χ4v) is 7.54. The number of benzene rings is 2. The summed E-state index contributed by atoms with van der Waals surface area (Å²) >= 11 is 12.9. The normalized spacial score (nSPS) is 23.1. The third-order valence-corrected chi connectivity index (χ3v) is 9.39. The Morgan fingerprint density at radius 2 is 1.31 bits per heavy atom. The van der Waals surface area contributed by atoms with Crippen LogP contribution in [0.5, 0.6) is 0 Å². The van der Waals surface area contributed by atoms with Crippen molar-refractivity contribution >= 4 is 48.0 Å². The number of hydrogen-bond donors (Lipinski definition) is 1. The lowest BCUT2D eigenvalue weighted by molar-refractivity contribution is 0.120. The molecule has 2 saturated carbocycles. The van der Waals surface area contributed by atoms with Gasteiger partial charge in [0.1, 0.15) is 0 Å². The molecule has 0 amide bonds. The SMILES string of the molecule is Cl.Cl.Clc1cccc(C(CC2CNCCN2CC(c2cccc(Cl)c2)C2CCCC2)C2CCCC2)c1. The number of halogens is 4. The Morgan fingerprint density at radius 1 is 0.778 bits per heavy atom. The minimum Gasteiger partial charge on any atom is -0.314 e. The molecule has 5 rings (SSSR count). The van der Waals surface area contributed by atoms with E-state index in [1.54, 1.807) is 0 Å². The second kappa shape index (κ2) is 14.6. The number of nitrogens with one attached hydrogen (secondary N) is 1. The maximum Gasteiger partial charge on any atom is 0.0408 e. The summed E-state index contributed by atoms with van der Waals surface area (Å²) in [5, 5.41) is 5.48. The zero-order valence-electron chi connectivity index (χ0n) is 21.2. The van der Waals surface area contributed by atoms with E-state index in [4.69, 9.17) is 23.2 Å². The van der Waals surface area contributed by atoms with Crippen LogP contribution in [0, 0.1) is 11.8 Å². The fraction of sp³-hybridized carbons (Fsp3) is 0.600. The first-order chi connectivity index (χ1) is 16.7. The summed E-state index contributed by atoms with van der Waals surface area (Å²) in [7, 11) is 0. The Morgan fingerprint density at radius 3 is 1.86 bits per heavy atom. The van der Waals surface area contributed by atoms with E-state index in [9.17, 15) is 0 Å². The van der Waals surface area contributed by atoms with Crippen LogP contribution < -0.4 is 5.32 Å². The van der Waals surface area contributed by atoms with E-state index in [1.165, 1.54) is 68.9 Å². The molecule has 3 atom stereocenters. The van der Waals surface area contributed by atoms with Crippen LogP contribution in [0.15, 0.2) is 48.5 Å². The summed E-state index contributed by atoms with van der Waals surface area (Å²) in [5.74, 6) is 2.76. The second-order valence-corrected chi connectivity index (χ2v) is 11.9. The fourth-order valence-electron chi connectivity index (χ4n) is 7.14. The van der Waals surface area contributed by atoms with Crippen LogP contribution in [0.2, 0.25) is 10.0 Å². The van der Waals surface area contributed by atoms with Crippen molar-refractivity contribution in [3.05, 3.63) is 69.7 Å². The van der Waals surface area contributed by atoms with Crippen LogP contribution in [-0.2, 0) is 0 Å². The molecule has 3 aliphatic rings. The molecule has 1 saturated heterocycles. The molecule has 2 aromatic rings. The summed E-state index contributed by atoms with van der Waals surface area (Å²) in [5.41, 5.74) is 2.89. The summed E-state index contributed by atoms with van der Waals surface area (Å²) < 4.78 is 0. The molecule has 6 heteroatoms. The Hall–Kier alpha value is -0.480. The Labute approximate surface area is 240 Å². The van der Waals surface area contributed by atoms with Gasteiger partial charge in [0.15, 0.2) is 0 Å². The molecule has 2 nitrogen and oxygen atoms in total. The van der Waals surface area contributed by atoms with Crippen molar-refractivity contribution in [3.63, 3.8) is 0 Å². The van der Waals surface area contributed by atoms with E-state index in [0.29, 0.717) is 17.9 Å². The van der Waals surface area contributed by atoms with Gasteiger partial charge in [-0.3, -0.25) is 4.90 Å². The molecule has 0 aromatic heterocycles. The lowest BCUT2D eigenvalue weighted by atomic mass is 9.79. The standard InChI is InChI=1S/C30H40Cl2N2.2ClH/c31-26-13-5-11-24(17-26)29(22-7-1-2-8-22)19-28-20-33-15-16-34(28)21-30(23-9-3-4-10-23)25-12-6-14-27(32)18-25;;/h5-6,11-14,17-18,22-23,28-30,33H,1-4,7-10,15-16,19-21H2;2*1H. The summed E-state index contributed by atoms with van der Waals surface area (Å²) in [6.07, 6.45) is 12.2. The van der Waals surface area contributed by atoms with Crippen LogP contribution in [0.25, 0.3) is 0 Å². The van der Waals surface area contributed by atoms with E-state index in [-0.39, 0.29) is 24.8 Å². The molecule has 0 radical (unpaired) electrons. The first kappa shape index (κ1) is 30.1. The molecular formula is C30H42Cl4N2. The van der Waals surface area contributed by atoms with E-state index >= 15 is 0 Å². The van der Waals surface area contributed by atoms with Crippen molar-refractivity contribution in [1.82, 2.24) is 10.2 Å². The van der Waals surface area contributed by atoms with Crippen LogP contribution >= 0.6 is 48.0 Å². The molecular weight excluding hydrogens is 530 g/mol. The van der Waals surface area contributed by atoms with E-state index in [0.717, 1.165) is 48.1 Å². The van der Waals surface area contributed by atoms with Gasteiger partial charge in [-0.25, -0.2) is 0 Å². The van der Waals surface area contributed by atoms with Crippen molar-refractivity contribution in [1.29, 1.82) is 0 Å². The van der Waals surface area contributed by atoms with Gasteiger partial charge in [-0.15, -0.1) is 24.8 Å². The molecule has 1 aliphatic heterocycles. The quantitative estimate of drug-likeness (QED) is 0.340. The van der Waals surface area contributed by atoms with Gasteiger partial charge in [-0.05, 0) is 91.2 Å². The number of hydrogen-bond acceptors (Lipinski definition) is 2. The van der Waals surface area contributed by atoms with Crippen molar-refractivity contribution in [3.8, 4) is 0 Å². The highest BCUT2D eigenvalue weighted by Gasteiger charge is 2.35. The number of rotatable bonds is 8. The van der Waals surface area contributed by atoms with Gasteiger partial charge in [-0.1, -0.05) is 73.2 Å². The van der Waals surface area contributed by atoms with Crippen LogP contribution in [-0.4, -0.2) is 37.1 Å². The highest BCUT2D eigenvalue weighted by molar-refractivity contribution is 6.30. The average Bonchev–Trinajstić information content (AvgIpc) is 3.56. The summed E-state index contributed by atoms with van der Waals surface area (Å²) in [6.45, 7) is 4.48. The molecule has 3 unspecified atom stereocenters. The zero-order valence-corrected chi connectivity index (χ0v) is 24.4. The van der Waals surface area contributed by atoms with Gasteiger partial charge in [0.05, 0.1) is 0 Å². The van der Waals surface area contributed by atoms with Crippen LogP contribution in [0.1, 0.15) is 80.8 Å². The van der Waals surface area contributed by atoms with Crippen molar-refractivity contribution in [2.45, 2.75) is 75.7 Å². The number of nitrogens with zero attached hydrogens (tertiary/aromatic N) is 1. The smallest absolute Gasteiger partial charge is 0.0408 e. The van der Waals surface area contributed by atoms with Gasteiger partial charge in [-0.2, -0.15) is 0 Å². The summed E-state index contributed by atoms with van der Waals surface area (Å²) in [6, 6.07) is 18.0. The van der Waals surface area contributed by atoms with Crippen LogP contribution in [0.4, 0.5) is 0 Å². The highest BCUT2D eigenvalue weighted by Crippen LogP contribution is 2.43. The highest BCUT2D eigenvalue weighted by atomic mass is 35.5. The zero-order chi connectivity index (χ0) is 23.3. The van der Waals surface area contributed by atoms with Crippen molar-refractivity contribution in [2.75, 3.05) is 26.2 Å². The molecule has 0 bridgehead atoms. The minimum absolute atomic E-state index is 0. The van der Waals surface area contributed by atoms with E-state index in [2.05, 4.69) is 46.6 Å². The predicted octanol–water partition coefficient (Wildman–Crippen LogP) is 8.75. The van der Waals surface area contributed by atoms with Gasteiger partial charge in [0.25, 0.3) is 0 Å². The molecule has 0 spiro atoms. The average molecular weight is 572 g/mol. The summed E-state index contributed by atoms with van der Waals surface area (Å²) in [4.78, 5) is 2.83. The molecule has 3 fully saturated rings. The lowest BCUT2D eigenvalue weighted by Crippen LogP contribution is -2.53. The monoisotopic (exact) mass is 570 g/mol. The third-order valence-electron chi connectivity index (χ3n) is 8.92. The predicted molar refractivity (Wildman–Crippen MR) is 160 cm³/mol. The first-order valence-corrected chi connectivity index (χ1v) is 14.4. The molecule has 1 heterocycles. The lowest BCUT2D eigenvalue weighted by Gasteiger charge is -2.42. The largest absolute Gasteiger partial charge is 0.314 e. The Bertz CT molecular complexity index is 851. The van der Waals surface area contributed by atoms with E-state index in [1.807, 2.05) is 12.1 Å².